The van der Waals surface area contributed by atoms with Crippen LogP contribution in [0.1, 0.15) is 49.3 Å². The molecule has 0 aliphatic heterocycles. The average Bonchev–Trinajstić information content (AvgIpc) is 2.39. The molecule has 0 spiro atoms. The normalized spacial score (nSPS) is 19.6. The molecule has 1 unspecified atom stereocenters. The van der Waals surface area contributed by atoms with E-state index in [0.29, 0.717) is 12.5 Å². The van der Waals surface area contributed by atoms with Crippen molar-refractivity contribution in [3.63, 3.8) is 0 Å². The Kier molecular flexibility index (Phi) is 3.97. The number of aliphatic hydroxyl groups excluding tert-OH is 1. The molecule has 1 aromatic carbocycles. The molecule has 0 aromatic heterocycles. The quantitative estimate of drug-likeness (QED) is 0.821. The summed E-state index contributed by atoms with van der Waals surface area (Å²) < 4.78 is 0. The number of hydrogen-bond donors (Lipinski definition) is 2. The Labute approximate surface area is 97.5 Å². The topological polar surface area (TPSA) is 46.2 Å². The molecule has 0 radical (unpaired) electrons. The Morgan fingerprint density at radius 1 is 1.12 bits per heavy atom. The lowest BCUT2D eigenvalue weighted by Crippen LogP contribution is -2.15. The third-order valence-corrected chi connectivity index (χ3v) is 3.65. The monoisotopic (exact) mass is 219 g/mol. The maximum Gasteiger partial charge on any atom is 0.0818 e. The van der Waals surface area contributed by atoms with Gasteiger partial charge in [0.05, 0.1) is 6.10 Å². The van der Waals surface area contributed by atoms with Crippen molar-refractivity contribution in [2.24, 2.45) is 11.7 Å². The number of nitrogens with two attached hydrogens (primary N) is 1. The van der Waals surface area contributed by atoms with Crippen LogP contribution in [0, 0.1) is 5.92 Å². The fraction of sp³-hybridized carbons (Fsp3) is 0.571. The highest BCUT2D eigenvalue weighted by Crippen LogP contribution is 2.34. The summed E-state index contributed by atoms with van der Waals surface area (Å²) in [7, 11) is 0. The van der Waals surface area contributed by atoms with E-state index in [1.165, 1.54) is 32.1 Å². The van der Waals surface area contributed by atoms with Gasteiger partial charge < -0.3 is 10.8 Å². The highest BCUT2D eigenvalue weighted by Gasteiger charge is 2.22. The second-order valence-electron chi connectivity index (χ2n) is 4.79. The summed E-state index contributed by atoms with van der Waals surface area (Å²) in [6, 6.07) is 8.06. The van der Waals surface area contributed by atoms with Crippen LogP contribution >= 0.6 is 0 Å². The molecule has 1 aromatic rings. The zero-order chi connectivity index (χ0) is 11.4. The van der Waals surface area contributed by atoms with Gasteiger partial charge in [0, 0.05) is 6.54 Å². The summed E-state index contributed by atoms with van der Waals surface area (Å²) in [5.74, 6) is 0.456. The molecule has 0 amide bonds. The van der Waals surface area contributed by atoms with E-state index >= 15 is 0 Å². The van der Waals surface area contributed by atoms with Gasteiger partial charge in [-0.05, 0) is 29.9 Å². The molecule has 0 heterocycles. The minimum Gasteiger partial charge on any atom is -0.388 e. The number of hydrogen-bond acceptors (Lipinski definition) is 2. The predicted molar refractivity (Wildman–Crippen MR) is 65.9 cm³/mol. The lowest BCUT2D eigenvalue weighted by molar-refractivity contribution is 0.0848. The van der Waals surface area contributed by atoms with Crippen LogP contribution in [0.5, 0.6) is 0 Å². The standard InChI is InChI=1S/C14H21NO/c15-10-11-6-8-13(9-7-11)14(16)12-4-2-1-3-5-12/h6-9,12,14,16H,1-5,10,15H2. The van der Waals surface area contributed by atoms with Crippen molar-refractivity contribution < 1.29 is 5.11 Å². The van der Waals surface area contributed by atoms with Gasteiger partial charge in [-0.3, -0.25) is 0 Å². The van der Waals surface area contributed by atoms with E-state index < -0.39 is 0 Å². The van der Waals surface area contributed by atoms with Gasteiger partial charge in [0.25, 0.3) is 0 Å². The first-order valence-corrected chi connectivity index (χ1v) is 6.28. The molecule has 2 nitrogen and oxygen atoms in total. The molecule has 2 rings (SSSR count). The van der Waals surface area contributed by atoms with Gasteiger partial charge in [0.1, 0.15) is 0 Å². The van der Waals surface area contributed by atoms with Gasteiger partial charge >= 0.3 is 0 Å². The van der Waals surface area contributed by atoms with Gasteiger partial charge in [-0.1, -0.05) is 43.5 Å². The van der Waals surface area contributed by atoms with Crippen molar-refractivity contribution in [1.29, 1.82) is 0 Å². The molecule has 0 saturated heterocycles. The summed E-state index contributed by atoms with van der Waals surface area (Å²) in [6.07, 6.45) is 5.91. The minimum atomic E-state index is -0.285. The van der Waals surface area contributed by atoms with Crippen LogP contribution in [-0.4, -0.2) is 5.11 Å². The van der Waals surface area contributed by atoms with Crippen LogP contribution in [0.25, 0.3) is 0 Å². The number of benzene rings is 1. The molecule has 88 valence electrons. The maximum atomic E-state index is 10.3. The fourth-order valence-electron chi connectivity index (χ4n) is 2.57. The van der Waals surface area contributed by atoms with Crippen LogP contribution in [0.2, 0.25) is 0 Å². The second kappa shape index (κ2) is 5.46. The van der Waals surface area contributed by atoms with Gasteiger partial charge in [0.15, 0.2) is 0 Å². The average molecular weight is 219 g/mol. The third-order valence-electron chi connectivity index (χ3n) is 3.65. The van der Waals surface area contributed by atoms with Gasteiger partial charge in [-0.2, -0.15) is 0 Å². The highest BCUT2D eigenvalue weighted by molar-refractivity contribution is 5.24. The number of aliphatic hydroxyl groups is 1. The molecule has 1 fully saturated rings. The van der Waals surface area contributed by atoms with Crippen molar-refractivity contribution in [2.75, 3.05) is 0 Å². The number of rotatable bonds is 3. The lowest BCUT2D eigenvalue weighted by Gasteiger charge is -2.26. The molecular weight excluding hydrogens is 198 g/mol. The van der Waals surface area contributed by atoms with Crippen LogP contribution in [0.3, 0.4) is 0 Å². The van der Waals surface area contributed by atoms with Crippen LogP contribution in [0.15, 0.2) is 24.3 Å². The van der Waals surface area contributed by atoms with Gasteiger partial charge in [-0.25, -0.2) is 0 Å². The van der Waals surface area contributed by atoms with Crippen LogP contribution in [-0.2, 0) is 6.54 Å². The van der Waals surface area contributed by atoms with E-state index in [0.717, 1.165) is 11.1 Å². The van der Waals surface area contributed by atoms with Crippen molar-refractivity contribution in [2.45, 2.75) is 44.8 Å². The molecule has 1 saturated carbocycles. The fourth-order valence-corrected chi connectivity index (χ4v) is 2.57. The first-order valence-electron chi connectivity index (χ1n) is 6.28. The zero-order valence-electron chi connectivity index (χ0n) is 9.73. The maximum absolute atomic E-state index is 10.3. The molecule has 16 heavy (non-hydrogen) atoms. The van der Waals surface area contributed by atoms with E-state index in [4.69, 9.17) is 5.73 Å². The zero-order valence-corrected chi connectivity index (χ0v) is 9.73. The molecule has 2 heteroatoms. The first-order chi connectivity index (χ1) is 7.81. The molecular formula is C14H21NO. The van der Waals surface area contributed by atoms with E-state index in [1.807, 2.05) is 24.3 Å². The Morgan fingerprint density at radius 3 is 2.31 bits per heavy atom. The summed E-state index contributed by atoms with van der Waals surface area (Å²) in [6.45, 7) is 0.569. The predicted octanol–water partition coefficient (Wildman–Crippen LogP) is 2.76. The van der Waals surface area contributed by atoms with E-state index in [9.17, 15) is 5.11 Å². The summed E-state index contributed by atoms with van der Waals surface area (Å²) in [4.78, 5) is 0. The van der Waals surface area contributed by atoms with Crippen molar-refractivity contribution in [1.82, 2.24) is 0 Å². The summed E-state index contributed by atoms with van der Waals surface area (Å²) in [5.41, 5.74) is 7.73. The highest BCUT2D eigenvalue weighted by atomic mass is 16.3. The van der Waals surface area contributed by atoms with E-state index in [1.54, 1.807) is 0 Å². The smallest absolute Gasteiger partial charge is 0.0818 e. The summed E-state index contributed by atoms with van der Waals surface area (Å²) in [5, 5.41) is 10.3. The minimum absolute atomic E-state index is 0.285. The van der Waals surface area contributed by atoms with Crippen LogP contribution in [0.4, 0.5) is 0 Å². The second-order valence-corrected chi connectivity index (χ2v) is 4.79. The largest absolute Gasteiger partial charge is 0.388 e. The Morgan fingerprint density at radius 2 is 1.75 bits per heavy atom. The van der Waals surface area contributed by atoms with Crippen LogP contribution < -0.4 is 5.73 Å². The Bertz CT molecular complexity index is 314. The van der Waals surface area contributed by atoms with Crippen molar-refractivity contribution in [3.05, 3.63) is 35.4 Å². The van der Waals surface area contributed by atoms with E-state index in [2.05, 4.69) is 0 Å². The molecule has 1 aliphatic carbocycles. The third kappa shape index (κ3) is 2.63. The molecule has 3 N–H and O–H groups in total. The Balaban J connectivity index is 2.04. The molecule has 1 atom stereocenters. The first kappa shape index (κ1) is 11.6. The van der Waals surface area contributed by atoms with Crippen molar-refractivity contribution >= 4 is 0 Å². The summed E-state index contributed by atoms with van der Waals surface area (Å²) >= 11 is 0. The van der Waals surface area contributed by atoms with Gasteiger partial charge in [0.2, 0.25) is 0 Å². The molecule has 0 bridgehead atoms. The Hall–Kier alpha value is -0.860. The van der Waals surface area contributed by atoms with Gasteiger partial charge in [-0.15, -0.1) is 0 Å². The SMILES string of the molecule is NCc1ccc(C(O)C2CCCCC2)cc1. The molecule has 1 aliphatic rings. The van der Waals surface area contributed by atoms with Crippen molar-refractivity contribution in [3.8, 4) is 0 Å². The van der Waals surface area contributed by atoms with E-state index in [-0.39, 0.29) is 6.10 Å². The lowest BCUT2D eigenvalue weighted by atomic mass is 9.82.